The lowest BCUT2D eigenvalue weighted by Gasteiger charge is -1.24. The van der Waals surface area contributed by atoms with Gasteiger partial charge in [0.15, 0.2) is 0 Å². The molecule has 0 unspecified atom stereocenters. The van der Waals surface area contributed by atoms with Gasteiger partial charge in [0.2, 0.25) is 0 Å². The minimum atomic E-state index is -0.833. The normalized spacial score (nSPS) is 5.25. The second kappa shape index (κ2) is 11.8. The third-order valence-electron chi connectivity index (χ3n) is 0. The van der Waals surface area contributed by atoms with Crippen molar-refractivity contribution in [2.75, 3.05) is 0 Å². The summed E-state index contributed by atoms with van der Waals surface area (Å²) in [6, 6.07) is 0. The predicted molar refractivity (Wildman–Crippen MR) is 14.8 cm³/mol. The van der Waals surface area contributed by atoms with Gasteiger partial charge in [-0.15, -0.1) is 0 Å². The van der Waals surface area contributed by atoms with Crippen LogP contribution < -0.4 is 6.15 Å². The van der Waals surface area contributed by atoms with Crippen molar-refractivity contribution in [3.05, 3.63) is 0 Å². The van der Waals surface area contributed by atoms with Gasteiger partial charge < -0.3 is 11.0 Å². The summed E-state index contributed by atoms with van der Waals surface area (Å²) in [5.74, 6) is 0. The fraction of sp³-hybridized carbons (Fsp3) is 0. The Morgan fingerprint density at radius 2 is 1.75 bits per heavy atom. The monoisotopic (exact) mass is 81.0 g/mol. The number of rotatable bonds is 0. The largest absolute Gasteiger partial charge is 0.344 e. The minimum absolute atomic E-state index is 0. The third-order valence-corrected chi connectivity index (χ3v) is 0. The third kappa shape index (κ3) is 5250. The van der Waals surface area contributed by atoms with Crippen molar-refractivity contribution in [2.45, 2.75) is 0 Å². The molecule has 0 aliphatic carbocycles. The molecule has 0 aromatic heterocycles. The SMILES string of the molecule is N.O=PO. The summed E-state index contributed by atoms with van der Waals surface area (Å²) in [4.78, 5) is 6.99. The molecule has 0 aromatic carbocycles. The Morgan fingerprint density at radius 3 is 1.75 bits per heavy atom. The Kier molecular flexibility index (Phi) is 26.6. The van der Waals surface area contributed by atoms with Crippen LogP contribution in [0, 0.1) is 0 Å². The zero-order chi connectivity index (χ0) is 2.71. The molecule has 4 N–H and O–H groups in total. The first kappa shape index (κ1) is 8.99. The maximum absolute atomic E-state index is 8.46. The quantitative estimate of drug-likeness (QED) is 0.413. The van der Waals surface area contributed by atoms with E-state index < -0.39 is 8.69 Å². The van der Waals surface area contributed by atoms with Crippen molar-refractivity contribution < 1.29 is 9.46 Å². The van der Waals surface area contributed by atoms with Crippen molar-refractivity contribution in [3.63, 3.8) is 0 Å². The van der Waals surface area contributed by atoms with Gasteiger partial charge in [0.1, 0.15) is 0 Å². The van der Waals surface area contributed by atoms with Gasteiger partial charge >= 0.3 is 8.69 Å². The molecule has 0 aromatic rings. The Balaban J connectivity index is 0. The highest BCUT2D eigenvalue weighted by Gasteiger charge is 1.28. The molecule has 0 saturated heterocycles. The molecule has 4 heavy (non-hydrogen) atoms. The van der Waals surface area contributed by atoms with E-state index in [1.54, 1.807) is 0 Å². The molecule has 0 bridgehead atoms. The first-order valence-electron chi connectivity index (χ1n) is 0.383. The molecule has 0 rings (SSSR count). The highest BCUT2D eigenvalue weighted by molar-refractivity contribution is 7.16. The highest BCUT2D eigenvalue weighted by Crippen LogP contribution is 1.66. The topological polar surface area (TPSA) is 72.3 Å². The molecule has 4 heteroatoms. The van der Waals surface area contributed by atoms with Crippen LogP contribution in [0.15, 0.2) is 0 Å². The van der Waals surface area contributed by atoms with Crippen molar-refractivity contribution in [2.24, 2.45) is 0 Å². The average molecular weight is 81.0 g/mol. The van der Waals surface area contributed by atoms with Crippen molar-refractivity contribution in [1.29, 1.82) is 0 Å². The first-order valence-corrected chi connectivity index (χ1v) is 1.15. The van der Waals surface area contributed by atoms with E-state index in [2.05, 4.69) is 0 Å². The van der Waals surface area contributed by atoms with Gasteiger partial charge in [0.05, 0.1) is 0 Å². The van der Waals surface area contributed by atoms with Gasteiger partial charge in [-0.25, -0.2) is 4.57 Å². The number of hydrogen-bond donors (Lipinski definition) is 2. The van der Waals surface area contributed by atoms with E-state index in [1.165, 1.54) is 0 Å². The molecule has 0 spiro atoms. The van der Waals surface area contributed by atoms with Crippen LogP contribution >= 0.6 is 8.69 Å². The van der Waals surface area contributed by atoms with Crippen LogP contribution in [-0.2, 0) is 4.57 Å². The molecular weight excluding hydrogens is 77.0 g/mol. The molecule has 3 nitrogen and oxygen atoms in total. The predicted octanol–water partition coefficient (Wildman–Crippen LogP) is 0.347. The molecule has 0 aliphatic rings. The second-order valence-electron chi connectivity index (χ2n) is 0.0816. The van der Waals surface area contributed by atoms with E-state index in [1.807, 2.05) is 0 Å². The van der Waals surface area contributed by atoms with Gasteiger partial charge in [-0.05, 0) is 0 Å². The Morgan fingerprint density at radius 1 is 1.75 bits per heavy atom. The summed E-state index contributed by atoms with van der Waals surface area (Å²) in [6.45, 7) is 0. The van der Waals surface area contributed by atoms with Crippen LogP contribution in [0.5, 0.6) is 0 Å². The summed E-state index contributed by atoms with van der Waals surface area (Å²) >= 11 is 0. The maximum atomic E-state index is 8.46. The lowest BCUT2D eigenvalue weighted by atomic mass is 14.0. The number of hydrogen-bond acceptors (Lipinski definition) is 2. The fourth-order valence-corrected chi connectivity index (χ4v) is 0. The molecule has 0 heterocycles. The van der Waals surface area contributed by atoms with E-state index in [4.69, 9.17) is 9.46 Å². The molecule has 0 radical (unpaired) electrons. The van der Waals surface area contributed by atoms with Gasteiger partial charge in [0, 0.05) is 0 Å². The molecule has 26 valence electrons. The lowest BCUT2D eigenvalue weighted by molar-refractivity contribution is 0.524. The Bertz CT molecular complexity index is 13.5. The Hall–Kier alpha value is 0.0200. The minimum Gasteiger partial charge on any atom is -0.344 e. The summed E-state index contributed by atoms with van der Waals surface area (Å²) < 4.78 is 8.46. The van der Waals surface area contributed by atoms with E-state index in [9.17, 15) is 0 Å². The van der Waals surface area contributed by atoms with Gasteiger partial charge in [-0.2, -0.15) is 0 Å². The van der Waals surface area contributed by atoms with Crippen LogP contribution in [0.4, 0.5) is 0 Å². The Labute approximate surface area is 25.5 Å². The molecule has 0 fully saturated rings. The standard InChI is InChI=1S/H3N.HO2P/c;1-3-2/h1H3;(H,1,2). The van der Waals surface area contributed by atoms with Crippen LogP contribution in [0.1, 0.15) is 0 Å². The van der Waals surface area contributed by atoms with E-state index in [0.717, 1.165) is 0 Å². The van der Waals surface area contributed by atoms with Crippen LogP contribution in [0.2, 0.25) is 0 Å². The summed E-state index contributed by atoms with van der Waals surface area (Å²) in [6.07, 6.45) is 0. The molecule has 0 atom stereocenters. The fourth-order valence-electron chi connectivity index (χ4n) is 0. The van der Waals surface area contributed by atoms with E-state index >= 15 is 0 Å². The molecule has 0 aliphatic heterocycles. The highest BCUT2D eigenvalue weighted by atomic mass is 31.1. The van der Waals surface area contributed by atoms with E-state index in [0.29, 0.717) is 0 Å². The van der Waals surface area contributed by atoms with Crippen LogP contribution in [0.25, 0.3) is 0 Å². The van der Waals surface area contributed by atoms with Crippen LogP contribution in [0.3, 0.4) is 0 Å². The molecular formula is H4NO2P. The van der Waals surface area contributed by atoms with Crippen molar-refractivity contribution >= 4 is 8.69 Å². The van der Waals surface area contributed by atoms with Crippen LogP contribution in [-0.4, -0.2) is 4.89 Å². The summed E-state index contributed by atoms with van der Waals surface area (Å²) in [7, 11) is -0.833. The maximum Gasteiger partial charge on any atom is 0.324 e. The average Bonchev–Trinajstić information content (AvgIpc) is 0.918. The molecule has 0 saturated carbocycles. The molecule has 0 amide bonds. The van der Waals surface area contributed by atoms with Gasteiger partial charge in [0.25, 0.3) is 0 Å². The zero-order valence-corrected chi connectivity index (χ0v) is 2.90. The van der Waals surface area contributed by atoms with Gasteiger partial charge in [-0.1, -0.05) is 0 Å². The smallest absolute Gasteiger partial charge is 0.324 e. The summed E-state index contributed by atoms with van der Waals surface area (Å²) in [5.41, 5.74) is 0. The van der Waals surface area contributed by atoms with Gasteiger partial charge in [-0.3, -0.25) is 0 Å². The summed E-state index contributed by atoms with van der Waals surface area (Å²) in [5, 5.41) is 0. The van der Waals surface area contributed by atoms with Crippen molar-refractivity contribution in [3.8, 4) is 0 Å². The van der Waals surface area contributed by atoms with Crippen molar-refractivity contribution in [1.82, 2.24) is 6.15 Å². The second-order valence-corrected chi connectivity index (χ2v) is 0.245. The zero-order valence-electron chi connectivity index (χ0n) is 2.01. The van der Waals surface area contributed by atoms with E-state index in [-0.39, 0.29) is 6.15 Å². The lowest BCUT2D eigenvalue weighted by Crippen LogP contribution is -1.03. The first-order chi connectivity index (χ1) is 1.41.